The van der Waals surface area contributed by atoms with Crippen molar-refractivity contribution >= 4 is 16.8 Å². The molecule has 120 valence electrons. The number of ketones is 1. The number of aromatic nitrogens is 2. The highest BCUT2D eigenvalue weighted by Crippen LogP contribution is 2.32. The summed E-state index contributed by atoms with van der Waals surface area (Å²) in [4.78, 5) is 21.0. The molecule has 0 amide bonds. The third kappa shape index (κ3) is 3.17. The quantitative estimate of drug-likeness (QED) is 0.921. The number of Topliss-reactive ketones (excluding diaryl/α,β-unsaturated/α-hetero) is 1. The van der Waals surface area contributed by atoms with E-state index in [9.17, 15) is 9.18 Å². The zero-order valence-corrected chi connectivity index (χ0v) is 13.0. The van der Waals surface area contributed by atoms with Crippen molar-refractivity contribution in [2.75, 3.05) is 20.6 Å². The molecule has 2 aromatic heterocycles. The van der Waals surface area contributed by atoms with Crippen molar-refractivity contribution in [3.63, 3.8) is 0 Å². The maximum atomic E-state index is 14.9. The Bertz CT molecular complexity index is 794. The number of allylic oxidation sites excluding steroid dienone is 4. The molecule has 0 aromatic carbocycles. The molecule has 6 heteroatoms. The summed E-state index contributed by atoms with van der Waals surface area (Å²) in [6, 6.07) is 3.56. The summed E-state index contributed by atoms with van der Waals surface area (Å²) in [5.74, 6) is 0.519. The minimum absolute atomic E-state index is 0.0471. The van der Waals surface area contributed by atoms with Gasteiger partial charge in [0.2, 0.25) is 0 Å². The molecule has 5 nitrogen and oxygen atoms in total. The van der Waals surface area contributed by atoms with Crippen LogP contribution in [0.25, 0.3) is 11.0 Å². The summed E-state index contributed by atoms with van der Waals surface area (Å²) in [5, 5.41) is 0.812. The zero-order valence-electron chi connectivity index (χ0n) is 13.0. The van der Waals surface area contributed by atoms with Crippen molar-refractivity contribution in [1.29, 1.82) is 0 Å². The Hall–Kier alpha value is -2.47. The van der Waals surface area contributed by atoms with Crippen molar-refractivity contribution in [2.45, 2.75) is 12.1 Å². The van der Waals surface area contributed by atoms with E-state index in [1.807, 2.05) is 6.07 Å². The van der Waals surface area contributed by atoms with Gasteiger partial charge in [0.05, 0.1) is 18.4 Å². The summed E-state index contributed by atoms with van der Waals surface area (Å²) < 4.78 is 20.8. The molecule has 0 spiro atoms. The second kappa shape index (κ2) is 5.96. The van der Waals surface area contributed by atoms with E-state index in [1.165, 1.54) is 12.2 Å². The predicted octanol–water partition coefficient (Wildman–Crippen LogP) is 2.62. The number of hydrogen-bond donors (Lipinski definition) is 1. The maximum Gasteiger partial charge on any atom is 0.195 e. The molecule has 3 rings (SSSR count). The normalized spacial score (nSPS) is 20.8. The smallest absolute Gasteiger partial charge is 0.195 e. The number of nitrogens with zero attached hydrogens (tertiary/aromatic N) is 2. The molecule has 0 fully saturated rings. The molecule has 0 saturated heterocycles. The first-order valence-electron chi connectivity index (χ1n) is 7.33. The van der Waals surface area contributed by atoms with Crippen molar-refractivity contribution in [3.05, 3.63) is 48.5 Å². The van der Waals surface area contributed by atoms with Gasteiger partial charge in [-0.2, -0.15) is 0 Å². The van der Waals surface area contributed by atoms with Crippen LogP contribution >= 0.6 is 0 Å². The number of carbonyl (C=O) groups is 1. The number of nitrogens with one attached hydrogen (secondary N) is 1. The van der Waals surface area contributed by atoms with E-state index in [4.69, 9.17) is 4.74 Å². The van der Waals surface area contributed by atoms with Gasteiger partial charge < -0.3 is 14.6 Å². The Balaban J connectivity index is 1.80. The summed E-state index contributed by atoms with van der Waals surface area (Å²) >= 11 is 0. The summed E-state index contributed by atoms with van der Waals surface area (Å²) in [5.41, 5.74) is -1.33. The van der Waals surface area contributed by atoms with Gasteiger partial charge in [0, 0.05) is 12.4 Å². The van der Waals surface area contributed by atoms with E-state index in [-0.39, 0.29) is 13.0 Å². The van der Waals surface area contributed by atoms with Crippen molar-refractivity contribution in [1.82, 2.24) is 14.9 Å². The molecule has 0 aliphatic heterocycles. The first-order valence-corrected chi connectivity index (χ1v) is 7.33. The fourth-order valence-corrected chi connectivity index (χ4v) is 2.53. The number of carbonyl (C=O) groups excluding carboxylic acids is 1. The number of aromatic amines is 1. The lowest BCUT2D eigenvalue weighted by Gasteiger charge is -2.25. The summed E-state index contributed by atoms with van der Waals surface area (Å²) in [7, 11) is 3.47. The lowest BCUT2D eigenvalue weighted by Crippen LogP contribution is -2.40. The summed E-state index contributed by atoms with van der Waals surface area (Å²) in [6.45, 7) is 0.0471. The zero-order chi connectivity index (χ0) is 16.4. The Morgan fingerprint density at radius 2 is 2.30 bits per heavy atom. The SMILES string of the molecule is CN(C)CC(=O)C1(F)C=CC=C(Oc2ccnc3[nH]ccc23)C1. The first-order chi connectivity index (χ1) is 11.0. The van der Waals surface area contributed by atoms with E-state index in [0.29, 0.717) is 17.2 Å². The van der Waals surface area contributed by atoms with E-state index in [2.05, 4.69) is 9.97 Å². The van der Waals surface area contributed by atoms with Gasteiger partial charge in [-0.3, -0.25) is 4.79 Å². The molecule has 2 heterocycles. The maximum absolute atomic E-state index is 14.9. The predicted molar refractivity (Wildman–Crippen MR) is 86.0 cm³/mol. The molecule has 23 heavy (non-hydrogen) atoms. The van der Waals surface area contributed by atoms with E-state index < -0.39 is 11.5 Å². The lowest BCUT2D eigenvalue weighted by atomic mass is 9.91. The Kier molecular flexibility index (Phi) is 4.00. The summed E-state index contributed by atoms with van der Waals surface area (Å²) in [6.07, 6.45) is 7.78. The topological polar surface area (TPSA) is 58.2 Å². The van der Waals surface area contributed by atoms with Gasteiger partial charge in [0.1, 0.15) is 17.2 Å². The number of likely N-dealkylation sites (N-methyl/N-ethyl adjacent to an activating group) is 1. The van der Waals surface area contributed by atoms with Gasteiger partial charge in [0.25, 0.3) is 0 Å². The molecule has 1 aliphatic rings. The molecule has 0 bridgehead atoms. The van der Waals surface area contributed by atoms with Crippen LogP contribution in [0, 0.1) is 0 Å². The van der Waals surface area contributed by atoms with Gasteiger partial charge in [0.15, 0.2) is 11.5 Å². The van der Waals surface area contributed by atoms with Gasteiger partial charge >= 0.3 is 0 Å². The molecule has 1 unspecified atom stereocenters. The van der Waals surface area contributed by atoms with Gasteiger partial charge in [-0.05, 0) is 38.4 Å². The fourth-order valence-electron chi connectivity index (χ4n) is 2.53. The molecule has 1 atom stereocenters. The number of rotatable bonds is 5. The number of H-pyrrole nitrogens is 1. The minimum Gasteiger partial charge on any atom is -0.461 e. The minimum atomic E-state index is -2.03. The second-order valence-electron chi connectivity index (χ2n) is 5.84. The molecule has 0 radical (unpaired) electrons. The van der Waals surface area contributed by atoms with Gasteiger partial charge in [-0.15, -0.1) is 0 Å². The Morgan fingerprint density at radius 1 is 1.48 bits per heavy atom. The highest BCUT2D eigenvalue weighted by atomic mass is 19.1. The van der Waals surface area contributed by atoms with Gasteiger partial charge in [-0.1, -0.05) is 6.08 Å². The molecule has 1 aliphatic carbocycles. The number of pyridine rings is 1. The second-order valence-corrected chi connectivity index (χ2v) is 5.84. The van der Waals surface area contributed by atoms with Crippen LogP contribution in [0.15, 0.2) is 48.5 Å². The van der Waals surface area contributed by atoms with Crippen LogP contribution in [-0.4, -0.2) is 47.0 Å². The Morgan fingerprint density at radius 3 is 3.09 bits per heavy atom. The van der Waals surface area contributed by atoms with Crippen molar-refractivity contribution < 1.29 is 13.9 Å². The lowest BCUT2D eigenvalue weighted by molar-refractivity contribution is -0.128. The van der Waals surface area contributed by atoms with Crippen LogP contribution in [0.3, 0.4) is 0 Å². The molecule has 1 N–H and O–H groups in total. The largest absolute Gasteiger partial charge is 0.461 e. The van der Waals surface area contributed by atoms with Crippen LogP contribution in [-0.2, 0) is 4.79 Å². The highest BCUT2D eigenvalue weighted by molar-refractivity contribution is 5.91. The van der Waals surface area contributed by atoms with E-state index >= 15 is 0 Å². The first kappa shape index (κ1) is 15.4. The third-order valence-corrected chi connectivity index (χ3v) is 3.66. The number of alkyl halides is 1. The molecular weight excluding hydrogens is 297 g/mol. The number of fused-ring (bicyclic) bond motifs is 1. The average Bonchev–Trinajstić information content (AvgIpc) is 2.96. The van der Waals surface area contributed by atoms with Crippen molar-refractivity contribution in [2.24, 2.45) is 0 Å². The number of halogens is 1. The molecule has 2 aromatic rings. The monoisotopic (exact) mass is 315 g/mol. The highest BCUT2D eigenvalue weighted by Gasteiger charge is 2.38. The number of ether oxygens (including phenoxy) is 1. The Labute approximate surface area is 133 Å². The van der Waals surface area contributed by atoms with Gasteiger partial charge in [-0.25, -0.2) is 9.37 Å². The molecule has 0 saturated carbocycles. The fraction of sp³-hybridized carbons (Fsp3) is 0.294. The van der Waals surface area contributed by atoms with E-state index in [0.717, 1.165) is 5.39 Å². The van der Waals surface area contributed by atoms with E-state index in [1.54, 1.807) is 43.5 Å². The van der Waals surface area contributed by atoms with Crippen molar-refractivity contribution in [3.8, 4) is 5.75 Å². The third-order valence-electron chi connectivity index (χ3n) is 3.66. The van der Waals surface area contributed by atoms with Crippen LogP contribution in [0.2, 0.25) is 0 Å². The van der Waals surface area contributed by atoms with Crippen LogP contribution in [0.1, 0.15) is 6.42 Å². The standard InChI is InChI=1S/C17H18FN3O2/c1-21(2)11-15(22)17(18)7-3-4-12(10-17)23-14-6-9-20-16-13(14)5-8-19-16/h3-9H,10-11H2,1-2H3,(H,19,20). The van der Waals surface area contributed by atoms with Crippen LogP contribution in [0.4, 0.5) is 4.39 Å². The van der Waals surface area contributed by atoms with Crippen LogP contribution in [0.5, 0.6) is 5.75 Å². The molecular formula is C17H18FN3O2. The average molecular weight is 315 g/mol. The number of hydrogen-bond acceptors (Lipinski definition) is 4. The van der Waals surface area contributed by atoms with Crippen LogP contribution < -0.4 is 4.74 Å².